The number of carbonyl (C=O) groups excluding carboxylic acids is 2. The fourth-order valence-electron chi connectivity index (χ4n) is 2.45. The van der Waals surface area contributed by atoms with E-state index in [4.69, 9.17) is 4.74 Å². The molecule has 0 saturated heterocycles. The Labute approximate surface area is 135 Å². The van der Waals surface area contributed by atoms with Crippen molar-refractivity contribution < 1.29 is 14.3 Å². The van der Waals surface area contributed by atoms with Crippen molar-refractivity contribution in [2.24, 2.45) is 0 Å². The number of nitrogens with one attached hydrogen (secondary N) is 2. The predicted octanol–water partition coefficient (Wildman–Crippen LogP) is 2.43. The van der Waals surface area contributed by atoms with E-state index in [2.05, 4.69) is 10.6 Å². The van der Waals surface area contributed by atoms with Crippen LogP contribution in [0.15, 0.2) is 24.3 Å². The Morgan fingerprint density at radius 2 is 1.77 bits per heavy atom. The molecule has 0 radical (unpaired) electrons. The molecule has 0 spiro atoms. The summed E-state index contributed by atoms with van der Waals surface area (Å²) in [5.74, 6) is 1.25. The number of thioether (sulfide) groups is 1. The third-order valence-corrected chi connectivity index (χ3v) is 4.49. The second kappa shape index (κ2) is 8.68. The minimum Gasteiger partial charge on any atom is -0.497 e. The number of amides is 2. The molecule has 2 amide bonds. The Morgan fingerprint density at radius 1 is 1.14 bits per heavy atom. The highest BCUT2D eigenvalue weighted by Crippen LogP contribution is 2.18. The minimum atomic E-state index is -0.108. The van der Waals surface area contributed by atoms with Gasteiger partial charge >= 0.3 is 0 Å². The molecule has 1 fully saturated rings. The summed E-state index contributed by atoms with van der Waals surface area (Å²) in [5.41, 5.74) is 0.724. The van der Waals surface area contributed by atoms with Gasteiger partial charge in [-0.1, -0.05) is 12.8 Å². The molecule has 1 aliphatic carbocycles. The summed E-state index contributed by atoms with van der Waals surface area (Å²) in [4.78, 5) is 23.5. The van der Waals surface area contributed by atoms with Crippen molar-refractivity contribution in [3.8, 4) is 5.75 Å². The molecule has 2 N–H and O–H groups in total. The molecule has 0 aromatic heterocycles. The molecule has 0 unspecified atom stereocenters. The summed E-state index contributed by atoms with van der Waals surface area (Å²) in [6, 6.07) is 7.49. The number of carbonyl (C=O) groups is 2. The zero-order valence-corrected chi connectivity index (χ0v) is 13.6. The van der Waals surface area contributed by atoms with Gasteiger partial charge in [0.05, 0.1) is 18.6 Å². The van der Waals surface area contributed by atoms with Crippen LogP contribution in [-0.4, -0.2) is 36.5 Å². The van der Waals surface area contributed by atoms with E-state index < -0.39 is 0 Å². The predicted molar refractivity (Wildman–Crippen MR) is 89.3 cm³/mol. The number of benzene rings is 1. The number of rotatable bonds is 7. The van der Waals surface area contributed by atoms with Gasteiger partial charge in [-0.2, -0.15) is 0 Å². The van der Waals surface area contributed by atoms with E-state index in [1.54, 1.807) is 31.4 Å². The van der Waals surface area contributed by atoms with Crippen LogP contribution < -0.4 is 15.4 Å². The number of anilines is 1. The number of hydrogen-bond acceptors (Lipinski definition) is 4. The van der Waals surface area contributed by atoms with Crippen LogP contribution in [0.25, 0.3) is 0 Å². The lowest BCUT2D eigenvalue weighted by molar-refractivity contribution is -0.119. The van der Waals surface area contributed by atoms with Gasteiger partial charge in [-0.05, 0) is 37.1 Å². The van der Waals surface area contributed by atoms with Gasteiger partial charge in [0, 0.05) is 11.7 Å². The van der Waals surface area contributed by atoms with Crippen molar-refractivity contribution in [2.45, 2.75) is 31.7 Å². The first-order valence-corrected chi connectivity index (χ1v) is 8.64. The number of ether oxygens (including phenoxy) is 1. The SMILES string of the molecule is COc1ccc(NC(=O)CSCC(=O)NC2CCCC2)cc1. The molecule has 1 saturated carbocycles. The topological polar surface area (TPSA) is 67.4 Å². The summed E-state index contributed by atoms with van der Waals surface area (Å²) >= 11 is 1.33. The fourth-order valence-corrected chi connectivity index (χ4v) is 3.08. The lowest BCUT2D eigenvalue weighted by Gasteiger charge is -2.11. The van der Waals surface area contributed by atoms with Crippen LogP contribution in [0, 0.1) is 0 Å². The van der Waals surface area contributed by atoms with Crippen molar-refractivity contribution >= 4 is 29.3 Å². The molecule has 1 aromatic rings. The maximum absolute atomic E-state index is 11.8. The van der Waals surface area contributed by atoms with E-state index in [1.807, 2.05) is 0 Å². The van der Waals surface area contributed by atoms with Gasteiger partial charge in [0.15, 0.2) is 0 Å². The number of methoxy groups -OCH3 is 1. The Bertz CT molecular complexity index is 499. The maximum atomic E-state index is 11.8. The second-order valence-corrected chi connectivity index (χ2v) is 6.30. The van der Waals surface area contributed by atoms with Crippen LogP contribution in [-0.2, 0) is 9.59 Å². The van der Waals surface area contributed by atoms with E-state index in [-0.39, 0.29) is 17.6 Å². The second-order valence-electron chi connectivity index (χ2n) is 5.32. The summed E-state index contributed by atoms with van der Waals surface area (Å²) in [6.07, 6.45) is 4.55. The van der Waals surface area contributed by atoms with E-state index >= 15 is 0 Å². The quantitative estimate of drug-likeness (QED) is 0.809. The van der Waals surface area contributed by atoms with Crippen molar-refractivity contribution in [3.05, 3.63) is 24.3 Å². The fraction of sp³-hybridized carbons (Fsp3) is 0.500. The standard InChI is InChI=1S/C16H22N2O3S/c1-21-14-8-6-13(7-9-14)18-16(20)11-22-10-15(19)17-12-4-2-3-5-12/h6-9,12H,2-5,10-11H2,1H3,(H,17,19)(H,18,20). The van der Waals surface area contributed by atoms with Gasteiger partial charge < -0.3 is 15.4 Å². The van der Waals surface area contributed by atoms with Crippen LogP contribution in [0.3, 0.4) is 0 Å². The van der Waals surface area contributed by atoms with Crippen LogP contribution in [0.1, 0.15) is 25.7 Å². The first kappa shape index (κ1) is 16.7. The zero-order valence-electron chi connectivity index (χ0n) is 12.8. The molecule has 0 atom stereocenters. The molecule has 6 heteroatoms. The van der Waals surface area contributed by atoms with Crippen LogP contribution in [0.4, 0.5) is 5.69 Å². The molecular weight excluding hydrogens is 300 g/mol. The third kappa shape index (κ3) is 5.60. The van der Waals surface area contributed by atoms with E-state index in [1.165, 1.54) is 24.6 Å². The van der Waals surface area contributed by atoms with E-state index in [9.17, 15) is 9.59 Å². The van der Waals surface area contributed by atoms with Gasteiger partial charge in [-0.3, -0.25) is 9.59 Å². The molecule has 0 aliphatic heterocycles. The third-order valence-electron chi connectivity index (χ3n) is 3.56. The van der Waals surface area contributed by atoms with Crippen LogP contribution in [0.2, 0.25) is 0 Å². The maximum Gasteiger partial charge on any atom is 0.234 e. The summed E-state index contributed by atoms with van der Waals surface area (Å²) < 4.78 is 5.06. The molecule has 1 aromatic carbocycles. The van der Waals surface area contributed by atoms with E-state index in [0.29, 0.717) is 11.8 Å². The highest BCUT2D eigenvalue weighted by atomic mass is 32.2. The molecule has 0 heterocycles. The average Bonchev–Trinajstić information content (AvgIpc) is 3.01. The van der Waals surface area contributed by atoms with Gasteiger partial charge in [-0.25, -0.2) is 0 Å². The molecular formula is C16H22N2O3S. The van der Waals surface area contributed by atoms with Crippen LogP contribution in [0.5, 0.6) is 5.75 Å². The lowest BCUT2D eigenvalue weighted by Crippen LogP contribution is -2.34. The monoisotopic (exact) mass is 322 g/mol. The first-order chi connectivity index (χ1) is 10.7. The number of hydrogen-bond donors (Lipinski definition) is 2. The highest BCUT2D eigenvalue weighted by Gasteiger charge is 2.17. The average molecular weight is 322 g/mol. The lowest BCUT2D eigenvalue weighted by atomic mass is 10.2. The van der Waals surface area contributed by atoms with Gasteiger partial charge in [0.25, 0.3) is 0 Å². The largest absolute Gasteiger partial charge is 0.497 e. The Hall–Kier alpha value is -1.69. The summed E-state index contributed by atoms with van der Waals surface area (Å²) in [5, 5.41) is 5.80. The Morgan fingerprint density at radius 3 is 2.41 bits per heavy atom. The smallest absolute Gasteiger partial charge is 0.234 e. The van der Waals surface area contributed by atoms with Crippen molar-refractivity contribution in [2.75, 3.05) is 23.9 Å². The molecule has 22 heavy (non-hydrogen) atoms. The minimum absolute atomic E-state index is 0.0224. The normalized spacial score (nSPS) is 14.6. The molecule has 0 bridgehead atoms. The molecule has 120 valence electrons. The highest BCUT2D eigenvalue weighted by molar-refractivity contribution is 8.00. The Kier molecular flexibility index (Phi) is 6.58. The zero-order chi connectivity index (χ0) is 15.8. The Balaban J connectivity index is 1.63. The molecule has 5 nitrogen and oxygen atoms in total. The van der Waals surface area contributed by atoms with Gasteiger partial charge in [-0.15, -0.1) is 11.8 Å². The first-order valence-electron chi connectivity index (χ1n) is 7.48. The summed E-state index contributed by atoms with van der Waals surface area (Å²) in [6.45, 7) is 0. The van der Waals surface area contributed by atoms with Crippen molar-refractivity contribution in [1.82, 2.24) is 5.32 Å². The van der Waals surface area contributed by atoms with E-state index in [0.717, 1.165) is 24.3 Å². The van der Waals surface area contributed by atoms with Crippen molar-refractivity contribution in [1.29, 1.82) is 0 Å². The van der Waals surface area contributed by atoms with Gasteiger partial charge in [0.2, 0.25) is 11.8 Å². The van der Waals surface area contributed by atoms with Gasteiger partial charge in [0.1, 0.15) is 5.75 Å². The van der Waals surface area contributed by atoms with Crippen molar-refractivity contribution in [3.63, 3.8) is 0 Å². The molecule has 1 aliphatic rings. The summed E-state index contributed by atoms with van der Waals surface area (Å²) in [7, 11) is 1.60. The molecule has 2 rings (SSSR count). The van der Waals surface area contributed by atoms with Crippen LogP contribution >= 0.6 is 11.8 Å².